The minimum Gasteiger partial charge on any atom is -0.357 e. The molecule has 2 aromatic heterocycles. The van der Waals surface area contributed by atoms with Crippen molar-refractivity contribution in [1.29, 1.82) is 0 Å². The largest absolute Gasteiger partial charge is 0.434 e. The molecule has 0 atom stereocenters. The van der Waals surface area contributed by atoms with E-state index >= 15 is 0 Å². The van der Waals surface area contributed by atoms with Crippen molar-refractivity contribution in [2.24, 2.45) is 4.99 Å². The molecule has 2 aromatic rings. The van der Waals surface area contributed by atoms with Gasteiger partial charge in [0.05, 0.1) is 12.2 Å². The summed E-state index contributed by atoms with van der Waals surface area (Å²) in [4.78, 5) is 14.9. The smallest absolute Gasteiger partial charge is 0.357 e. The van der Waals surface area contributed by atoms with Crippen molar-refractivity contribution < 1.29 is 13.2 Å². The van der Waals surface area contributed by atoms with Crippen LogP contribution in [0.25, 0.3) is 0 Å². The third-order valence-electron chi connectivity index (χ3n) is 4.15. The molecule has 0 aromatic carbocycles. The number of hydrogen-bond donors (Lipinski definition) is 2. The predicted octanol–water partition coefficient (Wildman–Crippen LogP) is 3.52. The maximum Gasteiger partial charge on any atom is 0.434 e. The van der Waals surface area contributed by atoms with E-state index in [1.807, 2.05) is 6.92 Å². The van der Waals surface area contributed by atoms with Gasteiger partial charge in [-0.1, -0.05) is 0 Å². The SMILES string of the molecule is CCNC(=NCc1nc(C(F)(F)F)cs1)NCCc1csc(N2CCCC2)n1. The maximum atomic E-state index is 12.6. The van der Waals surface area contributed by atoms with Crippen molar-refractivity contribution in [2.45, 2.75) is 38.9 Å². The highest BCUT2D eigenvalue weighted by atomic mass is 32.1. The first-order valence-electron chi connectivity index (χ1n) is 9.19. The zero-order valence-electron chi connectivity index (χ0n) is 15.6. The van der Waals surface area contributed by atoms with Gasteiger partial charge in [-0.2, -0.15) is 13.2 Å². The molecule has 0 unspecified atom stereocenters. The van der Waals surface area contributed by atoms with Crippen LogP contribution in [0.15, 0.2) is 15.8 Å². The number of nitrogens with one attached hydrogen (secondary N) is 2. The molecule has 0 radical (unpaired) electrons. The van der Waals surface area contributed by atoms with Gasteiger partial charge in [0.2, 0.25) is 0 Å². The molecule has 0 spiro atoms. The van der Waals surface area contributed by atoms with Crippen LogP contribution in [0, 0.1) is 0 Å². The number of nitrogens with zero attached hydrogens (tertiary/aromatic N) is 4. The molecule has 0 aliphatic carbocycles. The van der Waals surface area contributed by atoms with Crippen LogP contribution < -0.4 is 15.5 Å². The molecule has 0 amide bonds. The van der Waals surface area contributed by atoms with Crippen LogP contribution in [0.5, 0.6) is 0 Å². The number of anilines is 1. The number of aromatic nitrogens is 2. The second kappa shape index (κ2) is 9.55. The number of guanidine groups is 1. The molecule has 1 aliphatic rings. The highest BCUT2D eigenvalue weighted by Crippen LogP contribution is 2.30. The van der Waals surface area contributed by atoms with Gasteiger partial charge in [0, 0.05) is 43.4 Å². The molecule has 1 saturated heterocycles. The average Bonchev–Trinajstić information content (AvgIpc) is 3.39. The maximum absolute atomic E-state index is 12.6. The lowest BCUT2D eigenvalue weighted by Gasteiger charge is -2.12. The fourth-order valence-corrected chi connectivity index (χ4v) is 4.41. The molecule has 3 rings (SSSR count). The van der Waals surface area contributed by atoms with Gasteiger partial charge in [-0.15, -0.1) is 22.7 Å². The molecule has 154 valence electrons. The van der Waals surface area contributed by atoms with Crippen LogP contribution in [0.4, 0.5) is 18.3 Å². The molecule has 1 fully saturated rings. The molecular formula is C17H23F3N6S2. The predicted molar refractivity (Wildman–Crippen MR) is 107 cm³/mol. The summed E-state index contributed by atoms with van der Waals surface area (Å²) < 4.78 is 37.9. The molecule has 2 N–H and O–H groups in total. The van der Waals surface area contributed by atoms with Gasteiger partial charge in [-0.25, -0.2) is 15.0 Å². The fourth-order valence-electron chi connectivity index (χ4n) is 2.78. The van der Waals surface area contributed by atoms with Crippen molar-refractivity contribution in [1.82, 2.24) is 20.6 Å². The van der Waals surface area contributed by atoms with Crippen molar-refractivity contribution >= 4 is 33.8 Å². The molecule has 0 saturated carbocycles. The summed E-state index contributed by atoms with van der Waals surface area (Å²) in [5.41, 5.74) is 0.169. The van der Waals surface area contributed by atoms with Crippen LogP contribution in [-0.4, -0.2) is 42.1 Å². The topological polar surface area (TPSA) is 65.4 Å². The quantitative estimate of drug-likeness (QED) is 0.518. The zero-order chi connectivity index (χ0) is 20.0. The third kappa shape index (κ3) is 5.81. The van der Waals surface area contributed by atoms with E-state index < -0.39 is 11.9 Å². The summed E-state index contributed by atoms with van der Waals surface area (Å²) in [5.74, 6) is 0.557. The van der Waals surface area contributed by atoms with E-state index in [9.17, 15) is 13.2 Å². The van der Waals surface area contributed by atoms with Gasteiger partial charge in [0.25, 0.3) is 0 Å². The van der Waals surface area contributed by atoms with Gasteiger partial charge in [0.15, 0.2) is 16.8 Å². The summed E-state index contributed by atoms with van der Waals surface area (Å²) in [6.45, 7) is 5.50. The van der Waals surface area contributed by atoms with Gasteiger partial charge in [-0.05, 0) is 19.8 Å². The lowest BCUT2D eigenvalue weighted by molar-refractivity contribution is -0.140. The Kier molecular flexibility index (Phi) is 7.11. The van der Waals surface area contributed by atoms with Gasteiger partial charge >= 0.3 is 6.18 Å². The Morgan fingerprint density at radius 3 is 2.64 bits per heavy atom. The monoisotopic (exact) mass is 432 g/mol. The van der Waals surface area contributed by atoms with Gasteiger partial charge in [-0.3, -0.25) is 0 Å². The van der Waals surface area contributed by atoms with E-state index in [1.165, 1.54) is 12.8 Å². The number of alkyl halides is 3. The van der Waals surface area contributed by atoms with Crippen molar-refractivity contribution in [3.8, 4) is 0 Å². The van der Waals surface area contributed by atoms with E-state index in [0.717, 1.165) is 47.1 Å². The molecule has 11 heteroatoms. The Hall–Kier alpha value is -1.88. The number of thiazole rings is 2. The lowest BCUT2D eigenvalue weighted by Crippen LogP contribution is -2.38. The van der Waals surface area contributed by atoms with Crippen LogP contribution in [0.3, 0.4) is 0 Å². The van der Waals surface area contributed by atoms with Crippen molar-refractivity contribution in [3.63, 3.8) is 0 Å². The van der Waals surface area contributed by atoms with Crippen LogP contribution in [-0.2, 0) is 19.1 Å². The lowest BCUT2D eigenvalue weighted by atomic mass is 10.3. The first-order valence-corrected chi connectivity index (χ1v) is 10.9. The van der Waals surface area contributed by atoms with E-state index in [4.69, 9.17) is 0 Å². The molecule has 3 heterocycles. The van der Waals surface area contributed by atoms with Crippen LogP contribution in [0.1, 0.15) is 36.2 Å². The zero-order valence-corrected chi connectivity index (χ0v) is 17.2. The van der Waals surface area contributed by atoms with Crippen molar-refractivity contribution in [3.05, 3.63) is 27.2 Å². The highest BCUT2D eigenvalue weighted by Gasteiger charge is 2.33. The van der Waals surface area contributed by atoms with Crippen LogP contribution >= 0.6 is 22.7 Å². The van der Waals surface area contributed by atoms with E-state index in [2.05, 4.69) is 35.9 Å². The average molecular weight is 433 g/mol. The number of aliphatic imine (C=N–C) groups is 1. The Morgan fingerprint density at radius 2 is 1.96 bits per heavy atom. The standard InChI is InChI=1S/C17H23F3N6S2/c1-2-21-15(23-9-14-25-13(11-27-14)17(18,19)20)22-6-5-12-10-28-16(24-12)26-7-3-4-8-26/h10-11H,2-9H2,1H3,(H2,21,22,23). The number of halogens is 3. The normalized spacial score (nSPS) is 15.3. The molecule has 6 nitrogen and oxygen atoms in total. The highest BCUT2D eigenvalue weighted by molar-refractivity contribution is 7.13. The summed E-state index contributed by atoms with van der Waals surface area (Å²) >= 11 is 2.64. The molecule has 0 bridgehead atoms. The Labute approximate surface area is 169 Å². The van der Waals surface area contributed by atoms with Gasteiger partial charge < -0.3 is 15.5 Å². The first kappa shape index (κ1) is 20.8. The summed E-state index contributed by atoms with van der Waals surface area (Å²) in [7, 11) is 0. The summed E-state index contributed by atoms with van der Waals surface area (Å²) in [5, 5.41) is 10.8. The Balaban J connectivity index is 1.50. The molecular weight excluding hydrogens is 409 g/mol. The van der Waals surface area contributed by atoms with E-state index in [1.54, 1.807) is 11.3 Å². The minimum absolute atomic E-state index is 0.103. The number of hydrogen-bond acceptors (Lipinski definition) is 6. The molecule has 28 heavy (non-hydrogen) atoms. The summed E-state index contributed by atoms with van der Waals surface area (Å²) in [6.07, 6.45) is -1.21. The van der Waals surface area contributed by atoms with E-state index in [-0.39, 0.29) is 6.54 Å². The van der Waals surface area contributed by atoms with E-state index in [0.29, 0.717) is 24.1 Å². The Morgan fingerprint density at radius 1 is 1.18 bits per heavy atom. The van der Waals surface area contributed by atoms with Gasteiger partial charge in [0.1, 0.15) is 5.01 Å². The molecule has 1 aliphatic heterocycles. The van der Waals surface area contributed by atoms with Crippen LogP contribution in [0.2, 0.25) is 0 Å². The summed E-state index contributed by atoms with van der Waals surface area (Å²) in [6, 6.07) is 0. The second-order valence-electron chi connectivity index (χ2n) is 6.31. The third-order valence-corrected chi connectivity index (χ3v) is 5.93. The Bertz CT molecular complexity index is 780. The minimum atomic E-state index is -4.41. The first-order chi connectivity index (χ1) is 13.5. The second-order valence-corrected chi connectivity index (χ2v) is 8.09. The number of rotatable bonds is 7. The fraction of sp³-hybridized carbons (Fsp3) is 0.588. The van der Waals surface area contributed by atoms with Crippen molar-refractivity contribution in [2.75, 3.05) is 31.1 Å².